The summed E-state index contributed by atoms with van der Waals surface area (Å²) in [6.07, 6.45) is 0.876. The fourth-order valence-corrected chi connectivity index (χ4v) is 2.10. The molecule has 1 aromatic rings. The number of carbonyl (C=O) groups is 1. The number of benzene rings is 1. The second-order valence-corrected chi connectivity index (χ2v) is 6.27. The second-order valence-electron chi connectivity index (χ2n) is 6.27. The number of amides is 1. The quantitative estimate of drug-likeness (QED) is 0.620. The van der Waals surface area contributed by atoms with E-state index >= 15 is 0 Å². The van der Waals surface area contributed by atoms with Crippen molar-refractivity contribution in [3.63, 3.8) is 0 Å². The molecule has 0 aliphatic carbocycles. The van der Waals surface area contributed by atoms with Gasteiger partial charge in [0.2, 0.25) is 5.91 Å². The number of hydrogen-bond acceptors (Lipinski definition) is 5. The number of carbonyl (C=O) groups excluding carboxylic acids is 1. The number of nitrogens with one attached hydrogen (secondary N) is 1. The molecule has 0 spiro atoms. The Morgan fingerprint density at radius 2 is 1.92 bits per heavy atom. The van der Waals surface area contributed by atoms with Crippen molar-refractivity contribution >= 4 is 30.7 Å². The number of hydrogen-bond donors (Lipinski definition) is 2. The maximum Gasteiger partial charge on any atom is 0.237 e. The molecule has 0 aliphatic rings. The van der Waals surface area contributed by atoms with Crippen LogP contribution in [0.15, 0.2) is 18.2 Å². The minimum Gasteiger partial charge on any atom is -0.493 e. The van der Waals surface area contributed by atoms with Crippen LogP contribution in [-0.4, -0.2) is 51.2 Å². The van der Waals surface area contributed by atoms with Gasteiger partial charge in [-0.15, -0.1) is 24.8 Å². The van der Waals surface area contributed by atoms with Crippen molar-refractivity contribution in [2.24, 2.45) is 11.7 Å². The Morgan fingerprint density at radius 1 is 1.27 bits per heavy atom. The van der Waals surface area contributed by atoms with Crippen molar-refractivity contribution in [2.75, 3.05) is 34.4 Å². The van der Waals surface area contributed by atoms with Gasteiger partial charge in [-0.3, -0.25) is 4.79 Å². The van der Waals surface area contributed by atoms with E-state index in [2.05, 4.69) is 10.2 Å². The fraction of sp³-hybridized carbons (Fsp3) is 0.611. The molecule has 8 heteroatoms. The van der Waals surface area contributed by atoms with Crippen LogP contribution in [0, 0.1) is 5.92 Å². The van der Waals surface area contributed by atoms with Gasteiger partial charge in [0.05, 0.1) is 13.2 Å². The van der Waals surface area contributed by atoms with Gasteiger partial charge in [-0.2, -0.15) is 0 Å². The summed E-state index contributed by atoms with van der Waals surface area (Å²) in [6, 6.07) is 5.18. The highest BCUT2D eigenvalue weighted by Crippen LogP contribution is 2.28. The van der Waals surface area contributed by atoms with E-state index in [4.69, 9.17) is 15.2 Å². The van der Waals surface area contributed by atoms with Gasteiger partial charge in [0.25, 0.3) is 0 Å². The zero-order valence-corrected chi connectivity index (χ0v) is 17.9. The largest absolute Gasteiger partial charge is 0.493 e. The molecule has 0 heterocycles. The molecule has 1 aromatic carbocycles. The van der Waals surface area contributed by atoms with Crippen LogP contribution in [0.25, 0.3) is 0 Å². The molecule has 1 rings (SSSR count). The van der Waals surface area contributed by atoms with Crippen molar-refractivity contribution in [3.8, 4) is 11.5 Å². The third-order valence-electron chi connectivity index (χ3n) is 4.05. The highest BCUT2D eigenvalue weighted by molar-refractivity contribution is 5.85. The van der Waals surface area contributed by atoms with E-state index in [0.29, 0.717) is 24.7 Å². The Bertz CT molecular complexity index is 530. The molecule has 0 saturated carbocycles. The third-order valence-corrected chi connectivity index (χ3v) is 4.05. The normalized spacial score (nSPS) is 12.4. The van der Waals surface area contributed by atoms with Gasteiger partial charge in [-0.25, -0.2) is 0 Å². The maximum absolute atomic E-state index is 12.0. The average molecular weight is 410 g/mol. The van der Waals surface area contributed by atoms with E-state index in [9.17, 15) is 4.79 Å². The molecule has 0 fully saturated rings. The molecule has 0 aromatic heterocycles. The van der Waals surface area contributed by atoms with E-state index < -0.39 is 6.04 Å². The first-order valence-corrected chi connectivity index (χ1v) is 8.36. The lowest BCUT2D eigenvalue weighted by molar-refractivity contribution is -0.123. The Hall–Kier alpha value is -1.21. The summed E-state index contributed by atoms with van der Waals surface area (Å²) in [4.78, 5) is 14.1. The van der Waals surface area contributed by atoms with Crippen LogP contribution in [0.5, 0.6) is 11.5 Å². The van der Waals surface area contributed by atoms with Gasteiger partial charge >= 0.3 is 0 Å². The topological polar surface area (TPSA) is 76.8 Å². The second kappa shape index (κ2) is 13.9. The van der Waals surface area contributed by atoms with Crippen molar-refractivity contribution in [1.29, 1.82) is 0 Å². The van der Waals surface area contributed by atoms with Crippen LogP contribution in [0.2, 0.25) is 0 Å². The highest BCUT2D eigenvalue weighted by atomic mass is 35.5. The highest BCUT2D eigenvalue weighted by Gasteiger charge is 2.19. The van der Waals surface area contributed by atoms with Crippen LogP contribution in [0.3, 0.4) is 0 Å². The predicted octanol–water partition coefficient (Wildman–Crippen LogP) is 2.47. The zero-order valence-electron chi connectivity index (χ0n) is 16.3. The molecule has 0 radical (unpaired) electrons. The summed E-state index contributed by atoms with van der Waals surface area (Å²) in [7, 11) is 5.60. The molecule has 26 heavy (non-hydrogen) atoms. The molecular formula is C18H33Cl2N3O3. The lowest BCUT2D eigenvalue weighted by atomic mass is 9.99. The van der Waals surface area contributed by atoms with Gasteiger partial charge in [-0.1, -0.05) is 26.3 Å². The van der Waals surface area contributed by atoms with Gasteiger partial charge in [0.1, 0.15) is 6.61 Å². The van der Waals surface area contributed by atoms with Crippen molar-refractivity contribution in [1.82, 2.24) is 10.2 Å². The fourth-order valence-electron chi connectivity index (χ4n) is 2.10. The number of methoxy groups -OCH3 is 1. The zero-order chi connectivity index (χ0) is 18.1. The summed E-state index contributed by atoms with van der Waals surface area (Å²) in [5.74, 6) is 1.39. The van der Waals surface area contributed by atoms with Crippen LogP contribution in [-0.2, 0) is 11.3 Å². The number of nitrogens with two attached hydrogens (primary N) is 1. The molecular weight excluding hydrogens is 377 g/mol. The molecule has 2 unspecified atom stereocenters. The summed E-state index contributed by atoms with van der Waals surface area (Å²) in [5.41, 5.74) is 6.88. The number of likely N-dealkylation sites (N-methyl/N-ethyl adjacent to an activating group) is 1. The first-order chi connectivity index (χ1) is 11.4. The number of ether oxygens (including phenoxy) is 2. The van der Waals surface area contributed by atoms with Gasteiger partial charge in [0.15, 0.2) is 11.5 Å². The Morgan fingerprint density at radius 3 is 2.46 bits per heavy atom. The molecule has 0 bridgehead atoms. The smallest absolute Gasteiger partial charge is 0.237 e. The summed E-state index contributed by atoms with van der Waals surface area (Å²) in [6.45, 7) is 5.83. The minimum atomic E-state index is -0.481. The van der Waals surface area contributed by atoms with Gasteiger partial charge in [0, 0.05) is 13.1 Å². The van der Waals surface area contributed by atoms with Crippen molar-refractivity contribution < 1.29 is 14.3 Å². The van der Waals surface area contributed by atoms with E-state index in [1.165, 1.54) is 0 Å². The Balaban J connectivity index is 0. The maximum atomic E-state index is 12.0. The number of halogens is 2. The van der Waals surface area contributed by atoms with Crippen LogP contribution in [0.1, 0.15) is 25.8 Å². The lowest BCUT2D eigenvalue weighted by Crippen LogP contribution is -2.44. The van der Waals surface area contributed by atoms with Crippen molar-refractivity contribution in [2.45, 2.75) is 32.9 Å². The van der Waals surface area contributed by atoms with E-state index in [1.807, 2.05) is 46.1 Å². The summed E-state index contributed by atoms with van der Waals surface area (Å²) in [5, 5.41) is 2.88. The Kier molecular flexibility index (Phi) is 14.5. The van der Waals surface area contributed by atoms with Crippen molar-refractivity contribution in [3.05, 3.63) is 23.8 Å². The van der Waals surface area contributed by atoms with E-state index in [-0.39, 0.29) is 36.6 Å². The first kappa shape index (κ1) is 27.0. The van der Waals surface area contributed by atoms with E-state index in [0.717, 1.165) is 18.5 Å². The minimum absolute atomic E-state index is 0. The number of nitrogens with zero attached hydrogens (tertiary/aromatic N) is 1. The van der Waals surface area contributed by atoms with Gasteiger partial charge < -0.3 is 25.4 Å². The molecule has 6 nitrogen and oxygen atoms in total. The van der Waals surface area contributed by atoms with E-state index in [1.54, 1.807) is 7.11 Å². The summed E-state index contributed by atoms with van der Waals surface area (Å²) >= 11 is 0. The SMILES string of the molecule is CCC(C)C(N)C(=O)NCc1ccc(OCCN(C)C)c(OC)c1.Cl.Cl. The average Bonchev–Trinajstić information content (AvgIpc) is 2.58. The molecule has 1 amide bonds. The molecule has 0 aliphatic heterocycles. The molecule has 3 N–H and O–H groups in total. The third kappa shape index (κ3) is 8.94. The van der Waals surface area contributed by atoms with Crippen LogP contribution >= 0.6 is 24.8 Å². The van der Waals surface area contributed by atoms with Crippen LogP contribution in [0.4, 0.5) is 0 Å². The Labute approximate surface area is 169 Å². The predicted molar refractivity (Wildman–Crippen MR) is 111 cm³/mol. The molecule has 0 saturated heterocycles. The van der Waals surface area contributed by atoms with Gasteiger partial charge in [-0.05, 0) is 37.7 Å². The number of rotatable bonds is 10. The van der Waals surface area contributed by atoms with Crippen LogP contribution < -0.4 is 20.5 Å². The molecule has 152 valence electrons. The summed E-state index contributed by atoms with van der Waals surface area (Å²) < 4.78 is 11.1. The molecule has 2 atom stereocenters. The monoisotopic (exact) mass is 409 g/mol. The lowest BCUT2D eigenvalue weighted by Gasteiger charge is -2.18. The standard InChI is InChI=1S/C18H31N3O3.2ClH/c1-6-13(2)17(19)18(22)20-12-14-7-8-15(16(11-14)23-5)24-10-9-21(3)4;;/h7-8,11,13,17H,6,9-10,12,19H2,1-5H3,(H,20,22);2*1H. The first-order valence-electron chi connectivity index (χ1n) is 8.36.